The van der Waals surface area contributed by atoms with Crippen LogP contribution in [0, 0.1) is 0 Å². The molecule has 0 saturated heterocycles. The maximum absolute atomic E-state index is 12.1. The number of amides is 2. The number of esters is 1. The maximum Gasteiger partial charge on any atom is 0.338 e. The number of anilines is 1. The minimum absolute atomic E-state index is 0.0364. The van der Waals surface area contributed by atoms with Gasteiger partial charge >= 0.3 is 5.97 Å². The molecule has 0 aliphatic carbocycles. The van der Waals surface area contributed by atoms with Crippen LogP contribution in [0.3, 0.4) is 0 Å². The van der Waals surface area contributed by atoms with Gasteiger partial charge in [-0.25, -0.2) is 4.79 Å². The molecule has 1 heterocycles. The van der Waals surface area contributed by atoms with Crippen molar-refractivity contribution in [2.75, 3.05) is 5.32 Å². The summed E-state index contributed by atoms with van der Waals surface area (Å²) >= 11 is 0. The van der Waals surface area contributed by atoms with Crippen molar-refractivity contribution in [1.29, 1.82) is 0 Å². The Kier molecular flexibility index (Phi) is 5.94. The van der Waals surface area contributed by atoms with Crippen molar-refractivity contribution in [3.05, 3.63) is 54.0 Å². The highest BCUT2D eigenvalue weighted by Gasteiger charge is 2.19. The Hall–Kier alpha value is -3.09. The minimum atomic E-state index is -0.895. The van der Waals surface area contributed by atoms with Gasteiger partial charge in [-0.15, -0.1) is 0 Å². The second kappa shape index (κ2) is 8.14. The normalized spacial score (nSPS) is 11.7. The van der Waals surface area contributed by atoms with Crippen molar-refractivity contribution in [3.8, 4) is 0 Å². The Bertz CT molecular complexity index is 735. The van der Waals surface area contributed by atoms with Gasteiger partial charge in [-0.3, -0.25) is 9.59 Å². The molecule has 0 spiro atoms. The molecular weight excluding hydrogens is 324 g/mol. The molecular formula is C18H20N2O5. The van der Waals surface area contributed by atoms with E-state index in [1.54, 1.807) is 24.3 Å². The van der Waals surface area contributed by atoms with Gasteiger partial charge in [0.2, 0.25) is 0 Å². The molecule has 0 unspecified atom stereocenters. The van der Waals surface area contributed by atoms with E-state index in [0.29, 0.717) is 5.69 Å². The highest BCUT2D eigenvalue weighted by atomic mass is 16.5. The van der Waals surface area contributed by atoms with Crippen LogP contribution in [-0.2, 0) is 9.53 Å². The third-order valence-electron chi connectivity index (χ3n) is 3.21. The Morgan fingerprint density at radius 2 is 1.72 bits per heavy atom. The molecule has 0 aliphatic rings. The average molecular weight is 344 g/mol. The zero-order chi connectivity index (χ0) is 18.4. The lowest BCUT2D eigenvalue weighted by Crippen LogP contribution is -2.39. The monoisotopic (exact) mass is 344 g/mol. The van der Waals surface area contributed by atoms with Gasteiger partial charge in [0.25, 0.3) is 11.8 Å². The molecule has 7 heteroatoms. The van der Waals surface area contributed by atoms with E-state index in [0.717, 1.165) is 0 Å². The van der Waals surface area contributed by atoms with Gasteiger partial charge in [-0.2, -0.15) is 0 Å². The molecule has 25 heavy (non-hydrogen) atoms. The fourth-order valence-electron chi connectivity index (χ4n) is 1.97. The molecule has 2 N–H and O–H groups in total. The second-order valence-corrected chi connectivity index (χ2v) is 5.72. The standard InChI is InChI=1S/C18H20N2O5/c1-11(2)19-16(21)12(3)25-18(23)13-6-8-14(9-7-13)20-17(22)15-5-4-10-24-15/h4-12H,1-3H3,(H,19,21)(H,20,22)/t12-/m1/s1. The fourth-order valence-corrected chi connectivity index (χ4v) is 1.97. The summed E-state index contributed by atoms with van der Waals surface area (Å²) in [5.41, 5.74) is 0.781. The molecule has 1 aromatic heterocycles. The van der Waals surface area contributed by atoms with Gasteiger partial charge in [-0.1, -0.05) is 0 Å². The highest BCUT2D eigenvalue weighted by molar-refractivity contribution is 6.02. The molecule has 0 bridgehead atoms. The van der Waals surface area contributed by atoms with Crippen molar-refractivity contribution in [3.63, 3.8) is 0 Å². The predicted molar refractivity (Wildman–Crippen MR) is 91.3 cm³/mol. The molecule has 0 fully saturated rings. The van der Waals surface area contributed by atoms with Crippen LogP contribution in [0.2, 0.25) is 0 Å². The number of rotatable bonds is 6. The summed E-state index contributed by atoms with van der Waals surface area (Å²) in [6.45, 7) is 5.15. The number of carbonyl (C=O) groups excluding carboxylic acids is 3. The lowest BCUT2D eigenvalue weighted by molar-refractivity contribution is -0.129. The predicted octanol–water partition coefficient (Wildman–Crippen LogP) is 2.60. The molecule has 0 radical (unpaired) electrons. The molecule has 2 aromatic rings. The average Bonchev–Trinajstić information content (AvgIpc) is 3.09. The number of hydrogen-bond donors (Lipinski definition) is 2. The lowest BCUT2D eigenvalue weighted by Gasteiger charge is -2.15. The number of hydrogen-bond acceptors (Lipinski definition) is 5. The highest BCUT2D eigenvalue weighted by Crippen LogP contribution is 2.13. The van der Waals surface area contributed by atoms with E-state index in [9.17, 15) is 14.4 Å². The minimum Gasteiger partial charge on any atom is -0.459 e. The van der Waals surface area contributed by atoms with Crippen molar-refractivity contribution in [2.45, 2.75) is 32.9 Å². The van der Waals surface area contributed by atoms with E-state index in [-0.39, 0.29) is 29.2 Å². The summed E-state index contributed by atoms with van der Waals surface area (Å²) in [5, 5.41) is 5.31. The van der Waals surface area contributed by atoms with Crippen LogP contribution in [0.5, 0.6) is 0 Å². The number of carbonyl (C=O) groups is 3. The number of nitrogens with one attached hydrogen (secondary N) is 2. The van der Waals surface area contributed by atoms with Gasteiger partial charge < -0.3 is 19.8 Å². The molecule has 0 aliphatic heterocycles. The summed E-state index contributed by atoms with van der Waals surface area (Å²) in [6.07, 6.45) is 0.512. The van der Waals surface area contributed by atoms with Gasteiger partial charge in [0.05, 0.1) is 11.8 Å². The van der Waals surface area contributed by atoms with Gasteiger partial charge in [-0.05, 0) is 57.2 Å². The van der Waals surface area contributed by atoms with Crippen molar-refractivity contribution in [1.82, 2.24) is 5.32 Å². The summed E-state index contributed by atoms with van der Waals surface area (Å²) < 4.78 is 10.1. The first-order valence-electron chi connectivity index (χ1n) is 7.83. The number of ether oxygens (including phenoxy) is 1. The maximum atomic E-state index is 12.1. The largest absolute Gasteiger partial charge is 0.459 e. The smallest absolute Gasteiger partial charge is 0.338 e. The van der Waals surface area contributed by atoms with Crippen LogP contribution in [0.15, 0.2) is 47.1 Å². The molecule has 132 valence electrons. The third kappa shape index (κ3) is 5.20. The van der Waals surface area contributed by atoms with Gasteiger partial charge in [0.15, 0.2) is 11.9 Å². The summed E-state index contributed by atoms with van der Waals surface area (Å²) in [5.74, 6) is -1.17. The molecule has 0 saturated carbocycles. The Balaban J connectivity index is 1.93. The summed E-state index contributed by atoms with van der Waals surface area (Å²) in [4.78, 5) is 35.7. The van der Waals surface area contributed by atoms with Gasteiger partial charge in [0, 0.05) is 11.7 Å². The number of benzene rings is 1. The van der Waals surface area contributed by atoms with Crippen molar-refractivity contribution in [2.24, 2.45) is 0 Å². The SMILES string of the molecule is CC(C)NC(=O)[C@@H](C)OC(=O)c1ccc(NC(=O)c2ccco2)cc1. The molecule has 1 atom stereocenters. The summed E-state index contributed by atoms with van der Waals surface area (Å²) in [6, 6.07) is 9.27. The quantitative estimate of drug-likeness (QED) is 0.785. The Morgan fingerprint density at radius 1 is 1.04 bits per heavy atom. The Labute approximate surface area is 145 Å². The fraction of sp³-hybridized carbons (Fsp3) is 0.278. The van der Waals surface area contributed by atoms with Gasteiger partial charge in [0.1, 0.15) is 0 Å². The van der Waals surface area contributed by atoms with E-state index >= 15 is 0 Å². The lowest BCUT2D eigenvalue weighted by atomic mass is 10.2. The van der Waals surface area contributed by atoms with Crippen LogP contribution in [-0.4, -0.2) is 29.9 Å². The Morgan fingerprint density at radius 3 is 2.28 bits per heavy atom. The molecule has 7 nitrogen and oxygen atoms in total. The number of furan rings is 1. The van der Waals surface area contributed by atoms with Crippen molar-refractivity contribution < 1.29 is 23.5 Å². The zero-order valence-corrected chi connectivity index (χ0v) is 14.2. The second-order valence-electron chi connectivity index (χ2n) is 5.72. The molecule has 2 rings (SSSR count). The first-order chi connectivity index (χ1) is 11.9. The molecule has 2 amide bonds. The molecule has 1 aromatic carbocycles. The van der Waals surface area contributed by atoms with E-state index in [1.165, 1.54) is 25.3 Å². The van der Waals surface area contributed by atoms with E-state index < -0.39 is 12.1 Å². The van der Waals surface area contributed by atoms with E-state index in [1.807, 2.05) is 13.8 Å². The topological polar surface area (TPSA) is 97.6 Å². The van der Waals surface area contributed by atoms with E-state index in [4.69, 9.17) is 9.15 Å². The first kappa shape index (κ1) is 18.3. The van der Waals surface area contributed by atoms with Crippen LogP contribution < -0.4 is 10.6 Å². The first-order valence-corrected chi connectivity index (χ1v) is 7.83. The van der Waals surface area contributed by atoms with Crippen LogP contribution >= 0.6 is 0 Å². The van der Waals surface area contributed by atoms with E-state index in [2.05, 4.69) is 10.6 Å². The zero-order valence-electron chi connectivity index (χ0n) is 14.2. The van der Waals surface area contributed by atoms with Crippen LogP contribution in [0.25, 0.3) is 0 Å². The van der Waals surface area contributed by atoms with Crippen LogP contribution in [0.4, 0.5) is 5.69 Å². The van der Waals surface area contributed by atoms with Crippen molar-refractivity contribution >= 4 is 23.5 Å². The van der Waals surface area contributed by atoms with Crippen LogP contribution in [0.1, 0.15) is 41.7 Å². The third-order valence-corrected chi connectivity index (χ3v) is 3.21. The summed E-state index contributed by atoms with van der Waals surface area (Å²) in [7, 11) is 0.